The van der Waals surface area contributed by atoms with Crippen LogP contribution in [-0.4, -0.2) is 28.6 Å². The van der Waals surface area contributed by atoms with Gasteiger partial charge in [0.2, 0.25) is 5.91 Å². The van der Waals surface area contributed by atoms with E-state index in [-0.39, 0.29) is 11.9 Å². The van der Waals surface area contributed by atoms with E-state index in [1.54, 1.807) is 0 Å². The van der Waals surface area contributed by atoms with Gasteiger partial charge in [-0.05, 0) is 55.9 Å². The van der Waals surface area contributed by atoms with E-state index in [0.717, 1.165) is 30.5 Å². The van der Waals surface area contributed by atoms with Crippen LogP contribution in [-0.2, 0) is 11.2 Å². The molecule has 0 aliphatic heterocycles. The molecule has 0 saturated heterocycles. The summed E-state index contributed by atoms with van der Waals surface area (Å²) >= 11 is 1.36. The van der Waals surface area contributed by atoms with E-state index in [1.165, 1.54) is 22.9 Å². The van der Waals surface area contributed by atoms with Crippen molar-refractivity contribution in [1.82, 2.24) is 9.88 Å². The van der Waals surface area contributed by atoms with Crippen molar-refractivity contribution in [1.29, 1.82) is 5.26 Å². The summed E-state index contributed by atoms with van der Waals surface area (Å²) in [5, 5.41) is 10.0. The van der Waals surface area contributed by atoms with Crippen molar-refractivity contribution >= 4 is 17.7 Å². The van der Waals surface area contributed by atoms with Gasteiger partial charge in [-0.25, -0.2) is 4.98 Å². The Morgan fingerprint density at radius 2 is 2.15 bits per heavy atom. The predicted octanol–water partition coefficient (Wildman–Crippen LogP) is 4.20. The second-order valence-electron chi connectivity index (χ2n) is 6.77. The van der Waals surface area contributed by atoms with Gasteiger partial charge >= 0.3 is 0 Å². The lowest BCUT2D eigenvalue weighted by Gasteiger charge is -2.33. The molecule has 1 amide bonds. The first-order valence-electron chi connectivity index (χ1n) is 8.86. The lowest BCUT2D eigenvalue weighted by Crippen LogP contribution is -2.34. The fraction of sp³-hybridized carbons (Fsp3) is 0.381. The number of benzene rings is 1. The minimum Gasteiger partial charge on any atom is -0.338 e. The zero-order chi connectivity index (χ0) is 18.7. The first kappa shape index (κ1) is 18.5. The number of thioether (sulfide) groups is 1. The van der Waals surface area contributed by atoms with Crippen molar-refractivity contribution in [3.05, 3.63) is 58.3 Å². The van der Waals surface area contributed by atoms with Gasteiger partial charge in [0.1, 0.15) is 11.1 Å². The molecular weight excluding hydrogens is 342 g/mol. The minimum absolute atomic E-state index is 0.0709. The molecular formula is C21H23N3OS. The van der Waals surface area contributed by atoms with Gasteiger partial charge in [0, 0.05) is 12.7 Å². The number of pyridine rings is 1. The van der Waals surface area contributed by atoms with E-state index in [1.807, 2.05) is 37.9 Å². The highest BCUT2D eigenvalue weighted by Crippen LogP contribution is 2.34. The zero-order valence-electron chi connectivity index (χ0n) is 15.5. The fourth-order valence-electron chi connectivity index (χ4n) is 3.58. The molecule has 5 heteroatoms. The molecule has 1 atom stereocenters. The number of amides is 1. The quantitative estimate of drug-likeness (QED) is 0.762. The van der Waals surface area contributed by atoms with Crippen LogP contribution in [0.2, 0.25) is 0 Å². The normalized spacial score (nSPS) is 15.8. The van der Waals surface area contributed by atoms with Crippen LogP contribution in [0, 0.1) is 25.2 Å². The van der Waals surface area contributed by atoms with Gasteiger partial charge < -0.3 is 4.90 Å². The molecule has 2 aromatic rings. The van der Waals surface area contributed by atoms with Gasteiger partial charge in [0.15, 0.2) is 0 Å². The number of aryl methyl sites for hydroxylation is 3. The molecule has 0 unspecified atom stereocenters. The summed E-state index contributed by atoms with van der Waals surface area (Å²) in [6.45, 7) is 3.81. The van der Waals surface area contributed by atoms with Gasteiger partial charge in [0.25, 0.3) is 0 Å². The Kier molecular flexibility index (Phi) is 5.63. The van der Waals surface area contributed by atoms with Crippen LogP contribution in [0.3, 0.4) is 0 Å². The highest BCUT2D eigenvalue weighted by atomic mass is 32.2. The lowest BCUT2D eigenvalue weighted by molar-refractivity contribution is -0.129. The van der Waals surface area contributed by atoms with Crippen LogP contribution >= 0.6 is 11.8 Å². The number of carbonyl (C=O) groups excluding carboxylic acids is 1. The van der Waals surface area contributed by atoms with Crippen LogP contribution in [0.1, 0.15) is 46.8 Å². The second kappa shape index (κ2) is 7.92. The number of carbonyl (C=O) groups is 1. The van der Waals surface area contributed by atoms with Crippen LogP contribution in [0.5, 0.6) is 0 Å². The molecule has 1 aromatic carbocycles. The standard InChI is InChI=1S/C21H23N3OS/c1-14-11-15(2)23-21(18(14)12-22)26-13-20(25)24(3)19-10-6-8-16-7-4-5-9-17(16)19/h4-5,7,9,11,19H,6,8,10,13H2,1-3H3/t19-/m1/s1. The first-order valence-corrected chi connectivity index (χ1v) is 9.84. The summed E-state index contributed by atoms with van der Waals surface area (Å²) in [7, 11) is 1.88. The summed E-state index contributed by atoms with van der Waals surface area (Å²) < 4.78 is 0. The molecule has 1 heterocycles. The highest BCUT2D eigenvalue weighted by Gasteiger charge is 2.26. The van der Waals surface area contributed by atoms with Crippen molar-refractivity contribution in [3.8, 4) is 6.07 Å². The molecule has 0 fully saturated rings. The van der Waals surface area contributed by atoms with Crippen LogP contribution in [0.25, 0.3) is 0 Å². The van der Waals surface area contributed by atoms with E-state index >= 15 is 0 Å². The van der Waals surface area contributed by atoms with E-state index in [4.69, 9.17) is 0 Å². The topological polar surface area (TPSA) is 57.0 Å². The zero-order valence-corrected chi connectivity index (χ0v) is 16.3. The molecule has 134 valence electrons. The van der Waals surface area contributed by atoms with E-state index in [9.17, 15) is 10.1 Å². The van der Waals surface area contributed by atoms with Crippen LogP contribution < -0.4 is 0 Å². The molecule has 26 heavy (non-hydrogen) atoms. The molecule has 0 N–H and O–H groups in total. The Balaban J connectivity index is 1.73. The van der Waals surface area contributed by atoms with Gasteiger partial charge in [-0.1, -0.05) is 36.0 Å². The Morgan fingerprint density at radius 1 is 1.38 bits per heavy atom. The van der Waals surface area contributed by atoms with Gasteiger partial charge in [-0.3, -0.25) is 4.79 Å². The summed E-state index contributed by atoms with van der Waals surface area (Å²) in [6, 6.07) is 12.6. The maximum Gasteiger partial charge on any atom is 0.233 e. The third kappa shape index (κ3) is 3.76. The molecule has 1 aliphatic carbocycles. The molecule has 3 rings (SSSR count). The van der Waals surface area contributed by atoms with Crippen molar-refractivity contribution in [2.75, 3.05) is 12.8 Å². The molecule has 1 aliphatic rings. The number of hydrogen-bond acceptors (Lipinski definition) is 4. The first-order chi connectivity index (χ1) is 12.5. The smallest absolute Gasteiger partial charge is 0.233 e. The van der Waals surface area contributed by atoms with E-state index < -0.39 is 0 Å². The van der Waals surface area contributed by atoms with Crippen molar-refractivity contribution in [3.63, 3.8) is 0 Å². The maximum atomic E-state index is 12.8. The molecule has 0 bridgehead atoms. The molecule has 0 radical (unpaired) electrons. The number of nitriles is 1. The van der Waals surface area contributed by atoms with Crippen molar-refractivity contribution in [2.24, 2.45) is 0 Å². The SMILES string of the molecule is Cc1cc(C)c(C#N)c(SCC(=O)N(C)[C@@H]2CCCc3ccccc32)n1. The molecule has 4 nitrogen and oxygen atoms in total. The Morgan fingerprint density at radius 3 is 2.92 bits per heavy atom. The Hall–Kier alpha value is -2.32. The predicted molar refractivity (Wildman–Crippen MR) is 104 cm³/mol. The third-order valence-corrected chi connectivity index (χ3v) is 5.91. The third-order valence-electron chi connectivity index (χ3n) is 4.95. The van der Waals surface area contributed by atoms with Crippen molar-refractivity contribution < 1.29 is 4.79 Å². The van der Waals surface area contributed by atoms with Gasteiger partial charge in [0.05, 0.1) is 17.4 Å². The van der Waals surface area contributed by atoms with E-state index in [0.29, 0.717) is 16.3 Å². The minimum atomic E-state index is 0.0709. The maximum absolute atomic E-state index is 12.8. The van der Waals surface area contributed by atoms with E-state index in [2.05, 4.69) is 29.3 Å². The fourth-order valence-corrected chi connectivity index (χ4v) is 4.60. The van der Waals surface area contributed by atoms with Gasteiger partial charge in [-0.2, -0.15) is 5.26 Å². The summed E-state index contributed by atoms with van der Waals surface area (Å²) in [6.07, 6.45) is 3.18. The van der Waals surface area contributed by atoms with Gasteiger partial charge in [-0.15, -0.1) is 0 Å². The summed E-state index contributed by atoms with van der Waals surface area (Å²) in [5.74, 6) is 0.362. The second-order valence-corrected chi connectivity index (χ2v) is 7.74. The molecule has 1 aromatic heterocycles. The average molecular weight is 366 g/mol. The summed E-state index contributed by atoms with van der Waals surface area (Å²) in [4.78, 5) is 19.1. The summed E-state index contributed by atoms with van der Waals surface area (Å²) in [5.41, 5.74) is 4.95. The number of aromatic nitrogens is 1. The molecule has 0 saturated carbocycles. The Bertz CT molecular complexity index is 872. The van der Waals surface area contributed by atoms with Crippen LogP contribution in [0.4, 0.5) is 0 Å². The monoisotopic (exact) mass is 365 g/mol. The largest absolute Gasteiger partial charge is 0.338 e. The van der Waals surface area contributed by atoms with Crippen LogP contribution in [0.15, 0.2) is 35.4 Å². The average Bonchev–Trinajstić information content (AvgIpc) is 2.64. The van der Waals surface area contributed by atoms with Crippen molar-refractivity contribution in [2.45, 2.75) is 44.2 Å². The number of fused-ring (bicyclic) bond motifs is 1. The number of nitrogens with zero attached hydrogens (tertiary/aromatic N) is 3. The Labute approximate surface area is 159 Å². The highest BCUT2D eigenvalue weighted by molar-refractivity contribution is 8.00. The molecule has 0 spiro atoms. The lowest BCUT2D eigenvalue weighted by atomic mass is 9.87. The number of rotatable bonds is 4. The number of hydrogen-bond donors (Lipinski definition) is 0.